The molecule has 8 heteroatoms. The fourth-order valence-electron chi connectivity index (χ4n) is 3.11. The number of nitro groups is 1. The molecule has 0 spiro atoms. The highest BCUT2D eigenvalue weighted by atomic mass is 16.6. The second kappa shape index (κ2) is 10.0. The zero-order valence-electron chi connectivity index (χ0n) is 17.1. The molecule has 4 aromatic rings. The topological polar surface area (TPSA) is 102 Å². The van der Waals surface area contributed by atoms with Gasteiger partial charge < -0.3 is 15.4 Å². The summed E-state index contributed by atoms with van der Waals surface area (Å²) in [4.78, 5) is 19.4. The van der Waals surface area contributed by atoms with Crippen molar-refractivity contribution in [2.45, 2.75) is 6.42 Å². The van der Waals surface area contributed by atoms with Gasteiger partial charge in [-0.05, 0) is 48.4 Å². The summed E-state index contributed by atoms with van der Waals surface area (Å²) in [6, 6.07) is 26.4. The summed E-state index contributed by atoms with van der Waals surface area (Å²) in [5.41, 5.74) is 1.57. The normalized spacial score (nSPS) is 10.4. The Morgan fingerprint density at radius 3 is 2.12 bits per heavy atom. The molecule has 0 saturated carbocycles. The largest absolute Gasteiger partial charge is 0.457 e. The van der Waals surface area contributed by atoms with E-state index in [1.54, 1.807) is 24.3 Å². The predicted molar refractivity (Wildman–Crippen MR) is 124 cm³/mol. The van der Waals surface area contributed by atoms with Gasteiger partial charge in [0, 0.05) is 12.2 Å². The van der Waals surface area contributed by atoms with Gasteiger partial charge in [0.05, 0.1) is 4.92 Å². The molecule has 4 rings (SSSR count). The van der Waals surface area contributed by atoms with Crippen molar-refractivity contribution in [2.24, 2.45) is 0 Å². The molecule has 3 aromatic carbocycles. The molecule has 0 saturated heterocycles. The Bertz CT molecular complexity index is 1170. The average Bonchev–Trinajstić information content (AvgIpc) is 2.82. The minimum atomic E-state index is -0.486. The van der Waals surface area contributed by atoms with Crippen LogP contribution in [-0.2, 0) is 6.42 Å². The molecule has 0 fully saturated rings. The van der Waals surface area contributed by atoms with Crippen molar-refractivity contribution < 1.29 is 9.66 Å². The van der Waals surface area contributed by atoms with E-state index in [0.29, 0.717) is 24.4 Å². The molecule has 160 valence electrons. The van der Waals surface area contributed by atoms with Crippen LogP contribution in [0.15, 0.2) is 91.3 Å². The summed E-state index contributed by atoms with van der Waals surface area (Å²) >= 11 is 0. The van der Waals surface area contributed by atoms with Crippen LogP contribution in [0.3, 0.4) is 0 Å². The van der Waals surface area contributed by atoms with Crippen LogP contribution in [0.4, 0.5) is 23.0 Å². The highest BCUT2D eigenvalue weighted by molar-refractivity contribution is 5.73. The van der Waals surface area contributed by atoms with Crippen molar-refractivity contribution in [1.82, 2.24) is 9.97 Å². The molecule has 1 heterocycles. The third-order valence-electron chi connectivity index (χ3n) is 4.65. The van der Waals surface area contributed by atoms with E-state index in [4.69, 9.17) is 4.74 Å². The number of nitrogens with one attached hydrogen (secondary N) is 2. The molecule has 0 atom stereocenters. The lowest BCUT2D eigenvalue weighted by Crippen LogP contribution is -2.10. The third-order valence-corrected chi connectivity index (χ3v) is 4.65. The quantitative estimate of drug-likeness (QED) is 0.266. The van der Waals surface area contributed by atoms with Gasteiger partial charge in [0.25, 0.3) is 0 Å². The molecule has 0 unspecified atom stereocenters. The lowest BCUT2D eigenvalue weighted by atomic mass is 10.1. The molecule has 0 bridgehead atoms. The fourth-order valence-corrected chi connectivity index (χ4v) is 3.11. The van der Waals surface area contributed by atoms with Gasteiger partial charge in [-0.25, -0.2) is 9.97 Å². The van der Waals surface area contributed by atoms with Crippen LogP contribution in [0.2, 0.25) is 0 Å². The van der Waals surface area contributed by atoms with Crippen LogP contribution in [0, 0.1) is 10.1 Å². The number of hydrogen-bond acceptors (Lipinski definition) is 7. The van der Waals surface area contributed by atoms with E-state index in [1.807, 2.05) is 60.7 Å². The molecule has 0 amide bonds. The van der Waals surface area contributed by atoms with Gasteiger partial charge in [-0.1, -0.05) is 48.5 Å². The van der Waals surface area contributed by atoms with Gasteiger partial charge in [-0.3, -0.25) is 10.1 Å². The Kier molecular flexibility index (Phi) is 6.52. The van der Waals surface area contributed by atoms with Crippen molar-refractivity contribution in [3.05, 3.63) is 107 Å². The molecule has 0 aliphatic heterocycles. The predicted octanol–water partition coefficient (Wildman–Crippen LogP) is 5.58. The van der Waals surface area contributed by atoms with E-state index >= 15 is 0 Å². The van der Waals surface area contributed by atoms with Gasteiger partial charge in [-0.2, -0.15) is 0 Å². The van der Waals surface area contributed by atoms with Gasteiger partial charge in [0.2, 0.25) is 11.6 Å². The number of rotatable bonds is 9. The lowest BCUT2D eigenvalue weighted by molar-refractivity contribution is -0.383. The van der Waals surface area contributed by atoms with E-state index in [0.717, 1.165) is 11.3 Å². The number of ether oxygens (including phenoxy) is 1. The summed E-state index contributed by atoms with van der Waals surface area (Å²) in [6.07, 6.45) is 2.01. The number of nitrogens with zero attached hydrogens (tertiary/aromatic N) is 3. The second-order valence-electron chi connectivity index (χ2n) is 6.90. The zero-order chi connectivity index (χ0) is 22.2. The molecule has 0 aliphatic carbocycles. The van der Waals surface area contributed by atoms with Crippen molar-refractivity contribution in [3.63, 3.8) is 0 Å². The molecular weight excluding hydrogens is 406 g/mol. The van der Waals surface area contributed by atoms with Gasteiger partial charge in [0.15, 0.2) is 0 Å². The van der Waals surface area contributed by atoms with E-state index in [9.17, 15) is 10.1 Å². The maximum absolute atomic E-state index is 11.7. The third kappa shape index (κ3) is 5.37. The van der Waals surface area contributed by atoms with Crippen molar-refractivity contribution in [3.8, 4) is 11.5 Å². The van der Waals surface area contributed by atoms with Crippen LogP contribution in [0.5, 0.6) is 11.5 Å². The van der Waals surface area contributed by atoms with E-state index < -0.39 is 4.92 Å². The van der Waals surface area contributed by atoms with Gasteiger partial charge in [0.1, 0.15) is 17.8 Å². The SMILES string of the molecule is O=[N+]([O-])c1c(NCCc2ccccc2)ncnc1Nc1ccc(Oc2ccccc2)cc1. The number of benzene rings is 3. The summed E-state index contributed by atoms with van der Waals surface area (Å²) < 4.78 is 5.77. The van der Waals surface area contributed by atoms with Crippen molar-refractivity contribution >= 4 is 23.0 Å². The fraction of sp³-hybridized carbons (Fsp3) is 0.0833. The molecule has 0 radical (unpaired) electrons. The van der Waals surface area contributed by atoms with Crippen LogP contribution < -0.4 is 15.4 Å². The monoisotopic (exact) mass is 427 g/mol. The summed E-state index contributed by atoms with van der Waals surface area (Å²) in [6.45, 7) is 0.507. The van der Waals surface area contributed by atoms with Crippen molar-refractivity contribution in [2.75, 3.05) is 17.2 Å². The van der Waals surface area contributed by atoms with E-state index in [1.165, 1.54) is 6.33 Å². The van der Waals surface area contributed by atoms with Crippen LogP contribution >= 0.6 is 0 Å². The minimum Gasteiger partial charge on any atom is -0.457 e. The standard InChI is InChI=1S/C24H21N5O3/c30-29(31)22-23(25-16-15-18-7-3-1-4-8-18)26-17-27-24(22)28-19-11-13-21(14-12-19)32-20-9-5-2-6-10-20/h1-14,17H,15-16H2,(H2,25,26,27,28). The van der Waals surface area contributed by atoms with E-state index in [2.05, 4.69) is 20.6 Å². The number of aromatic nitrogens is 2. The van der Waals surface area contributed by atoms with Gasteiger partial charge >= 0.3 is 5.69 Å². The summed E-state index contributed by atoms with van der Waals surface area (Å²) in [5, 5.41) is 17.8. The maximum Gasteiger partial charge on any atom is 0.353 e. The number of anilines is 3. The molecule has 8 nitrogen and oxygen atoms in total. The summed E-state index contributed by atoms with van der Waals surface area (Å²) in [5.74, 6) is 1.67. The Labute approximate surface area is 185 Å². The number of hydrogen-bond donors (Lipinski definition) is 2. The van der Waals surface area contributed by atoms with Gasteiger partial charge in [-0.15, -0.1) is 0 Å². The Hall–Kier alpha value is -4.46. The lowest BCUT2D eigenvalue weighted by Gasteiger charge is -2.11. The smallest absolute Gasteiger partial charge is 0.353 e. The highest BCUT2D eigenvalue weighted by Gasteiger charge is 2.23. The Balaban J connectivity index is 1.45. The average molecular weight is 427 g/mol. The van der Waals surface area contributed by atoms with Crippen molar-refractivity contribution in [1.29, 1.82) is 0 Å². The molecule has 0 aliphatic rings. The summed E-state index contributed by atoms with van der Waals surface area (Å²) in [7, 11) is 0. The van der Waals surface area contributed by atoms with Crippen LogP contribution in [0.25, 0.3) is 0 Å². The first-order valence-corrected chi connectivity index (χ1v) is 10.1. The zero-order valence-corrected chi connectivity index (χ0v) is 17.1. The molecule has 2 N–H and O–H groups in total. The maximum atomic E-state index is 11.7. The molecule has 1 aromatic heterocycles. The Morgan fingerprint density at radius 1 is 0.812 bits per heavy atom. The molecular formula is C24H21N5O3. The first-order valence-electron chi connectivity index (χ1n) is 10.1. The van der Waals surface area contributed by atoms with Crippen LogP contribution in [-0.4, -0.2) is 21.4 Å². The first-order chi connectivity index (χ1) is 15.7. The Morgan fingerprint density at radius 2 is 1.44 bits per heavy atom. The second-order valence-corrected chi connectivity index (χ2v) is 6.90. The molecule has 32 heavy (non-hydrogen) atoms. The first kappa shape index (κ1) is 20.8. The number of para-hydroxylation sites is 1. The van der Waals surface area contributed by atoms with Crippen LogP contribution in [0.1, 0.15) is 5.56 Å². The minimum absolute atomic E-state index is 0.115. The van der Waals surface area contributed by atoms with E-state index in [-0.39, 0.29) is 17.3 Å². The highest BCUT2D eigenvalue weighted by Crippen LogP contribution is 2.32.